The van der Waals surface area contributed by atoms with Gasteiger partial charge in [-0.25, -0.2) is 13.1 Å². The highest BCUT2D eigenvalue weighted by Crippen LogP contribution is 2.40. The van der Waals surface area contributed by atoms with Crippen LogP contribution in [0.2, 0.25) is 15.1 Å². The van der Waals surface area contributed by atoms with Gasteiger partial charge in [0.05, 0.1) is 10.0 Å². The molecule has 28 heavy (non-hydrogen) atoms. The van der Waals surface area contributed by atoms with Gasteiger partial charge >= 0.3 is 0 Å². The van der Waals surface area contributed by atoms with Crippen molar-refractivity contribution in [3.8, 4) is 0 Å². The number of carbonyl (C=O) groups excluding carboxylic acids is 1. The summed E-state index contributed by atoms with van der Waals surface area (Å²) in [5, 5.41) is 1.19. The van der Waals surface area contributed by atoms with Crippen molar-refractivity contribution in [3.05, 3.63) is 81.6 Å². The number of hydrogen-bond acceptors (Lipinski definition) is 5. The Morgan fingerprint density at radius 1 is 0.964 bits per heavy atom. The van der Waals surface area contributed by atoms with Crippen LogP contribution in [-0.4, -0.2) is 19.3 Å². The maximum absolute atomic E-state index is 12.8. The van der Waals surface area contributed by atoms with E-state index in [9.17, 15) is 13.2 Å². The number of nitrogens with zero attached hydrogens (tertiary/aromatic N) is 1. The van der Waals surface area contributed by atoms with E-state index < -0.39 is 15.9 Å². The fourth-order valence-electron chi connectivity index (χ4n) is 2.18. The number of carbonyl (C=O) groups is 1. The van der Waals surface area contributed by atoms with Crippen molar-refractivity contribution < 1.29 is 13.2 Å². The molecule has 1 N–H and O–H groups in total. The van der Waals surface area contributed by atoms with Crippen LogP contribution in [0.25, 0.3) is 0 Å². The van der Waals surface area contributed by atoms with Crippen LogP contribution < -0.4 is 4.72 Å². The summed E-state index contributed by atoms with van der Waals surface area (Å²) in [5.41, 5.74) is 0.153. The summed E-state index contributed by atoms with van der Waals surface area (Å²) in [6, 6.07) is 12.3. The lowest BCUT2D eigenvalue weighted by Crippen LogP contribution is -2.31. The molecule has 0 saturated heterocycles. The number of amides is 1. The Hall–Kier alpha value is -1.77. The lowest BCUT2D eigenvalue weighted by Gasteiger charge is -2.12. The predicted molar refractivity (Wildman–Crippen MR) is 111 cm³/mol. The molecular formula is C18H11Cl3N2O3S2. The fourth-order valence-corrected chi connectivity index (χ4v) is 5.23. The van der Waals surface area contributed by atoms with E-state index in [2.05, 4.69) is 4.98 Å². The molecule has 1 amide bonds. The lowest BCUT2D eigenvalue weighted by atomic mass is 10.2. The Kier molecular flexibility index (Phi) is 6.52. The number of sulfonamides is 1. The zero-order valence-electron chi connectivity index (χ0n) is 13.9. The van der Waals surface area contributed by atoms with Crippen LogP contribution in [0, 0.1) is 0 Å². The molecule has 0 bridgehead atoms. The molecule has 0 aliphatic carbocycles. The van der Waals surface area contributed by atoms with Crippen molar-refractivity contribution in [1.29, 1.82) is 0 Å². The first-order chi connectivity index (χ1) is 13.3. The molecule has 10 heteroatoms. The van der Waals surface area contributed by atoms with Crippen molar-refractivity contribution in [2.45, 2.75) is 14.7 Å². The molecule has 3 rings (SSSR count). The third kappa shape index (κ3) is 4.79. The Morgan fingerprint density at radius 3 is 2.25 bits per heavy atom. The molecule has 5 nitrogen and oxygen atoms in total. The predicted octanol–water partition coefficient (Wildman–Crippen LogP) is 5.31. The van der Waals surface area contributed by atoms with E-state index in [1.807, 2.05) is 4.72 Å². The van der Waals surface area contributed by atoms with Crippen LogP contribution in [0.1, 0.15) is 10.4 Å². The van der Waals surface area contributed by atoms with Crippen molar-refractivity contribution in [1.82, 2.24) is 9.71 Å². The Labute approximate surface area is 181 Å². The second-order valence-corrected chi connectivity index (χ2v) is 9.37. The highest BCUT2D eigenvalue weighted by Gasteiger charge is 2.23. The number of rotatable bonds is 5. The summed E-state index contributed by atoms with van der Waals surface area (Å²) in [6.07, 6.45) is 2.59. The van der Waals surface area contributed by atoms with Gasteiger partial charge in [0.2, 0.25) is 0 Å². The van der Waals surface area contributed by atoms with Gasteiger partial charge in [0, 0.05) is 32.8 Å². The number of aromatic nitrogens is 1. The Bertz CT molecular complexity index is 1120. The number of benzene rings is 2. The van der Waals surface area contributed by atoms with Gasteiger partial charge in [0.1, 0.15) is 4.90 Å². The molecule has 0 aliphatic rings. The maximum Gasteiger partial charge on any atom is 0.266 e. The molecule has 3 aromatic rings. The van der Waals surface area contributed by atoms with E-state index in [0.717, 1.165) is 18.0 Å². The summed E-state index contributed by atoms with van der Waals surface area (Å²) < 4.78 is 27.6. The summed E-state index contributed by atoms with van der Waals surface area (Å²) >= 11 is 19.2. The van der Waals surface area contributed by atoms with Gasteiger partial charge in [0.15, 0.2) is 0 Å². The quantitative estimate of drug-likeness (QED) is 0.543. The standard InChI is InChI=1S/C18H11Cl3N2O3S2/c19-12-6-4-11(5-7-12)18(24)23-28(25,26)16-10-22-9-8-15(16)27-17-13(20)2-1-3-14(17)21/h1-10H,(H,23,24). The smallest absolute Gasteiger partial charge is 0.266 e. The van der Waals surface area contributed by atoms with Crippen LogP contribution in [0.4, 0.5) is 0 Å². The van der Waals surface area contributed by atoms with Crippen LogP contribution >= 0.6 is 46.6 Å². The van der Waals surface area contributed by atoms with Crippen molar-refractivity contribution in [3.63, 3.8) is 0 Å². The maximum atomic E-state index is 12.8. The highest BCUT2D eigenvalue weighted by molar-refractivity contribution is 8.00. The third-order valence-corrected chi connectivity index (χ3v) is 7.31. The van der Waals surface area contributed by atoms with E-state index in [4.69, 9.17) is 34.8 Å². The van der Waals surface area contributed by atoms with Gasteiger partial charge in [-0.05, 0) is 42.5 Å². The van der Waals surface area contributed by atoms with E-state index in [1.54, 1.807) is 18.2 Å². The summed E-state index contributed by atoms with van der Waals surface area (Å²) in [7, 11) is -4.20. The largest absolute Gasteiger partial charge is 0.268 e. The van der Waals surface area contributed by atoms with Crippen molar-refractivity contribution in [2.24, 2.45) is 0 Å². The first kappa shape index (κ1) is 21.0. The lowest BCUT2D eigenvalue weighted by molar-refractivity contribution is 0.0981. The van der Waals surface area contributed by atoms with E-state index in [1.165, 1.54) is 36.5 Å². The second-order valence-electron chi connectivity index (χ2n) is 5.42. The number of nitrogens with one attached hydrogen (secondary N) is 1. The molecular weight excluding hydrogens is 463 g/mol. The average molecular weight is 474 g/mol. The average Bonchev–Trinajstić information content (AvgIpc) is 2.65. The molecule has 0 fully saturated rings. The second kappa shape index (κ2) is 8.71. The van der Waals surface area contributed by atoms with Crippen LogP contribution in [0.5, 0.6) is 0 Å². The minimum Gasteiger partial charge on any atom is -0.268 e. The van der Waals surface area contributed by atoms with Crippen LogP contribution in [0.3, 0.4) is 0 Å². The van der Waals surface area contributed by atoms with Gasteiger partial charge < -0.3 is 0 Å². The number of pyridine rings is 1. The normalized spacial score (nSPS) is 11.2. The molecule has 1 aromatic heterocycles. The van der Waals surface area contributed by atoms with Crippen molar-refractivity contribution in [2.75, 3.05) is 0 Å². The third-order valence-electron chi connectivity index (χ3n) is 3.50. The van der Waals surface area contributed by atoms with Crippen LogP contribution in [-0.2, 0) is 10.0 Å². The van der Waals surface area contributed by atoms with Gasteiger partial charge in [-0.1, -0.05) is 52.6 Å². The summed E-state index contributed by atoms with van der Waals surface area (Å²) in [4.78, 5) is 16.8. The minimum atomic E-state index is -4.20. The number of hydrogen-bond donors (Lipinski definition) is 1. The molecule has 0 saturated carbocycles. The van der Waals surface area contributed by atoms with Gasteiger partial charge in [-0.2, -0.15) is 0 Å². The fraction of sp³-hybridized carbons (Fsp3) is 0. The first-order valence-electron chi connectivity index (χ1n) is 7.66. The minimum absolute atomic E-state index is 0.153. The Balaban J connectivity index is 1.92. The van der Waals surface area contributed by atoms with E-state index in [-0.39, 0.29) is 10.5 Å². The molecule has 0 spiro atoms. The van der Waals surface area contributed by atoms with Gasteiger partial charge in [-0.15, -0.1) is 0 Å². The monoisotopic (exact) mass is 472 g/mol. The van der Waals surface area contributed by atoms with Crippen LogP contribution in [0.15, 0.2) is 75.6 Å². The molecule has 0 aliphatic heterocycles. The molecule has 0 unspecified atom stereocenters. The topological polar surface area (TPSA) is 76.1 Å². The van der Waals surface area contributed by atoms with E-state index in [0.29, 0.717) is 24.9 Å². The zero-order chi connectivity index (χ0) is 20.3. The molecule has 2 aromatic carbocycles. The summed E-state index contributed by atoms with van der Waals surface area (Å²) in [5.74, 6) is -0.785. The number of halogens is 3. The molecule has 0 radical (unpaired) electrons. The molecule has 1 heterocycles. The zero-order valence-corrected chi connectivity index (χ0v) is 17.8. The summed E-state index contributed by atoms with van der Waals surface area (Å²) in [6.45, 7) is 0. The Morgan fingerprint density at radius 2 is 1.61 bits per heavy atom. The molecule has 144 valence electrons. The van der Waals surface area contributed by atoms with E-state index >= 15 is 0 Å². The first-order valence-corrected chi connectivity index (χ1v) is 11.1. The molecule has 0 atom stereocenters. The SMILES string of the molecule is O=C(NS(=O)(=O)c1cnccc1Sc1c(Cl)cccc1Cl)c1ccc(Cl)cc1. The highest BCUT2D eigenvalue weighted by atomic mass is 35.5. The van der Waals surface area contributed by atoms with Gasteiger partial charge in [-0.3, -0.25) is 9.78 Å². The van der Waals surface area contributed by atoms with Gasteiger partial charge in [0.25, 0.3) is 15.9 Å². The van der Waals surface area contributed by atoms with Crippen molar-refractivity contribution >= 4 is 62.5 Å².